The number of aliphatic hydroxyl groups is 2. The van der Waals surface area contributed by atoms with Crippen LogP contribution in [0.2, 0.25) is 0 Å². The first-order chi connectivity index (χ1) is 37.6. The number of hydrogen-bond donors (Lipinski definition) is 3. The minimum Gasteiger partial charge on any atom is -0.479 e. The lowest BCUT2D eigenvalue weighted by atomic mass is 9.98. The van der Waals surface area contributed by atoms with Crippen molar-refractivity contribution < 1.29 is 58.2 Å². The molecule has 1 aliphatic rings. The van der Waals surface area contributed by atoms with Gasteiger partial charge in [-0.1, -0.05) is 209 Å². The maximum absolute atomic E-state index is 13.2. The Hall–Kier alpha value is -4.10. The standard InChI is InChI=1S/C65H108O12/c1-4-7-10-13-16-19-22-25-28-29-32-35-38-41-44-47-50-53-59(68)76-63-61(70)60(69)62(64(71)72)77-65(63)74-55-56(75-58(67)52-49-46-43-40-37-34-31-27-24-21-18-15-12-9-6-3)54-73-57(66)51-48-45-42-39-36-33-30-26-23-20-17-14-11-8-5-2/h8-9,11-12,17-18,20-21,25-28,30-31,56,60-63,65,69-70H,4-7,10,13-16,19,22-24,29,32-55H2,1-3H3,(H,71,72)/b11-8-,12-9-,20-17-,21-18-,28-25-,30-26-,31-27-. The Balaban J connectivity index is 2.70. The lowest BCUT2D eigenvalue weighted by Crippen LogP contribution is -2.61. The average molecular weight is 1080 g/mol. The minimum absolute atomic E-state index is 0.0492. The van der Waals surface area contributed by atoms with E-state index in [4.69, 9.17) is 23.7 Å². The molecule has 0 aliphatic carbocycles. The van der Waals surface area contributed by atoms with Crippen molar-refractivity contribution in [3.63, 3.8) is 0 Å². The monoisotopic (exact) mass is 1080 g/mol. The second-order valence-corrected chi connectivity index (χ2v) is 20.6. The molecule has 1 saturated heterocycles. The van der Waals surface area contributed by atoms with Crippen LogP contribution >= 0.6 is 0 Å². The minimum atomic E-state index is -1.91. The fourth-order valence-electron chi connectivity index (χ4n) is 8.80. The molecule has 0 aromatic carbocycles. The molecule has 0 bridgehead atoms. The molecule has 77 heavy (non-hydrogen) atoms. The molecule has 12 heteroatoms. The molecule has 6 atom stereocenters. The van der Waals surface area contributed by atoms with E-state index in [9.17, 15) is 34.5 Å². The number of ether oxygens (including phenoxy) is 5. The van der Waals surface area contributed by atoms with Gasteiger partial charge >= 0.3 is 23.9 Å². The predicted molar refractivity (Wildman–Crippen MR) is 312 cm³/mol. The van der Waals surface area contributed by atoms with Crippen molar-refractivity contribution >= 4 is 23.9 Å². The fraction of sp³-hybridized carbons (Fsp3) is 0.723. The van der Waals surface area contributed by atoms with Crippen LogP contribution < -0.4 is 0 Å². The van der Waals surface area contributed by atoms with E-state index in [-0.39, 0.29) is 25.9 Å². The molecule has 1 fully saturated rings. The number of aliphatic carboxylic acids is 1. The molecule has 0 aromatic heterocycles. The maximum atomic E-state index is 13.2. The average Bonchev–Trinajstić information content (AvgIpc) is 3.42. The first kappa shape index (κ1) is 70.9. The van der Waals surface area contributed by atoms with Crippen LogP contribution in [0.5, 0.6) is 0 Å². The summed E-state index contributed by atoms with van der Waals surface area (Å²) in [5, 5.41) is 31.5. The Morgan fingerprint density at radius 3 is 1.26 bits per heavy atom. The lowest BCUT2D eigenvalue weighted by molar-refractivity contribution is -0.301. The van der Waals surface area contributed by atoms with Crippen LogP contribution in [0.15, 0.2) is 85.1 Å². The Morgan fingerprint density at radius 2 is 0.818 bits per heavy atom. The van der Waals surface area contributed by atoms with Gasteiger partial charge in [0, 0.05) is 19.3 Å². The smallest absolute Gasteiger partial charge is 0.335 e. The van der Waals surface area contributed by atoms with Crippen molar-refractivity contribution in [2.45, 2.75) is 289 Å². The van der Waals surface area contributed by atoms with Gasteiger partial charge in [0.2, 0.25) is 0 Å². The molecule has 6 unspecified atom stereocenters. The number of esters is 3. The van der Waals surface area contributed by atoms with Crippen LogP contribution in [0.25, 0.3) is 0 Å². The highest BCUT2D eigenvalue weighted by Gasteiger charge is 2.50. The number of carbonyl (C=O) groups is 4. The maximum Gasteiger partial charge on any atom is 0.335 e. The number of rotatable bonds is 51. The number of carboxylic acid groups (broad SMARTS) is 1. The van der Waals surface area contributed by atoms with Gasteiger partial charge < -0.3 is 39.0 Å². The van der Waals surface area contributed by atoms with Crippen molar-refractivity contribution in [3.8, 4) is 0 Å². The summed E-state index contributed by atoms with van der Waals surface area (Å²) in [6.07, 6.45) is 55.4. The Bertz CT molecular complexity index is 1660. The Labute approximate surface area is 467 Å². The van der Waals surface area contributed by atoms with Gasteiger partial charge in [0.15, 0.2) is 24.6 Å². The summed E-state index contributed by atoms with van der Waals surface area (Å²) in [5.74, 6) is -3.17. The molecule has 1 heterocycles. The first-order valence-corrected chi connectivity index (χ1v) is 30.6. The third-order valence-corrected chi connectivity index (χ3v) is 13.4. The van der Waals surface area contributed by atoms with Crippen molar-refractivity contribution in [2.75, 3.05) is 13.2 Å². The molecule has 3 N–H and O–H groups in total. The number of carboxylic acids is 1. The van der Waals surface area contributed by atoms with Gasteiger partial charge in [-0.25, -0.2) is 4.79 Å². The topological polar surface area (TPSA) is 175 Å². The lowest BCUT2D eigenvalue weighted by Gasteiger charge is -2.40. The summed E-state index contributed by atoms with van der Waals surface area (Å²) in [6.45, 7) is 5.74. The normalized spacial score (nSPS) is 18.6. The quantitative estimate of drug-likeness (QED) is 0.0228. The molecule has 0 radical (unpaired) electrons. The van der Waals surface area contributed by atoms with E-state index < -0.39 is 67.3 Å². The number of hydrogen-bond acceptors (Lipinski definition) is 11. The Morgan fingerprint density at radius 1 is 0.442 bits per heavy atom. The van der Waals surface area contributed by atoms with Gasteiger partial charge in [-0.05, 0) is 109 Å². The molecule has 1 aliphatic heterocycles. The molecule has 440 valence electrons. The summed E-state index contributed by atoms with van der Waals surface area (Å²) < 4.78 is 28.4. The summed E-state index contributed by atoms with van der Waals surface area (Å²) in [5.41, 5.74) is 0. The molecule has 0 spiro atoms. The third-order valence-electron chi connectivity index (χ3n) is 13.4. The highest BCUT2D eigenvalue weighted by Crippen LogP contribution is 2.26. The van der Waals surface area contributed by atoms with Gasteiger partial charge in [0.05, 0.1) is 6.61 Å². The number of allylic oxidation sites excluding steroid dienone is 14. The molecular formula is C65H108O12. The van der Waals surface area contributed by atoms with E-state index in [0.717, 1.165) is 141 Å². The molecule has 0 aromatic rings. The SMILES string of the molecule is CC/C=C\C/C=C\C/C=C\CCCCCCCC(=O)OCC(COC1OC(C(=O)O)C(O)C(O)C1OC(=O)CCCCCCCCC/C=C\CCCCCCCC)OC(=O)CCCCCCC/C=C\C/C=C\C/C=C\CC. The van der Waals surface area contributed by atoms with E-state index in [0.29, 0.717) is 19.3 Å². The van der Waals surface area contributed by atoms with Crippen LogP contribution in [0.3, 0.4) is 0 Å². The summed E-state index contributed by atoms with van der Waals surface area (Å²) >= 11 is 0. The van der Waals surface area contributed by atoms with Crippen molar-refractivity contribution in [3.05, 3.63) is 85.1 Å². The van der Waals surface area contributed by atoms with Gasteiger partial charge in [0.25, 0.3) is 0 Å². The number of unbranched alkanes of at least 4 members (excludes halogenated alkanes) is 23. The van der Waals surface area contributed by atoms with Crippen LogP contribution in [0.4, 0.5) is 0 Å². The highest BCUT2D eigenvalue weighted by atomic mass is 16.7. The second kappa shape index (κ2) is 52.6. The molecular weight excluding hydrogens is 973 g/mol. The van der Waals surface area contributed by atoms with E-state index in [2.05, 4.69) is 106 Å². The van der Waals surface area contributed by atoms with Gasteiger partial charge in [-0.15, -0.1) is 0 Å². The summed E-state index contributed by atoms with van der Waals surface area (Å²) in [7, 11) is 0. The second-order valence-electron chi connectivity index (χ2n) is 20.6. The number of aliphatic hydroxyl groups excluding tert-OH is 2. The van der Waals surface area contributed by atoms with Crippen LogP contribution in [0.1, 0.15) is 252 Å². The zero-order chi connectivity index (χ0) is 56.1. The van der Waals surface area contributed by atoms with Crippen LogP contribution in [0, 0.1) is 0 Å². The summed E-state index contributed by atoms with van der Waals surface area (Å²) in [6, 6.07) is 0. The van der Waals surface area contributed by atoms with E-state index in [1.807, 2.05) is 0 Å². The first-order valence-electron chi connectivity index (χ1n) is 30.6. The van der Waals surface area contributed by atoms with E-state index in [1.54, 1.807) is 0 Å². The van der Waals surface area contributed by atoms with Gasteiger partial charge in [-0.3, -0.25) is 14.4 Å². The molecule has 0 amide bonds. The Kier molecular flexibility index (Phi) is 48.4. The van der Waals surface area contributed by atoms with E-state index >= 15 is 0 Å². The van der Waals surface area contributed by atoms with E-state index in [1.165, 1.54) is 51.4 Å². The van der Waals surface area contributed by atoms with Crippen molar-refractivity contribution in [1.29, 1.82) is 0 Å². The van der Waals surface area contributed by atoms with Crippen LogP contribution in [-0.4, -0.2) is 89.2 Å². The third kappa shape index (κ3) is 42.5. The predicted octanol–water partition coefficient (Wildman–Crippen LogP) is 15.9. The highest BCUT2D eigenvalue weighted by molar-refractivity contribution is 5.74. The zero-order valence-corrected chi connectivity index (χ0v) is 48.4. The zero-order valence-electron chi connectivity index (χ0n) is 48.4. The molecule has 1 rings (SSSR count). The van der Waals surface area contributed by atoms with Gasteiger partial charge in [0.1, 0.15) is 18.8 Å². The largest absolute Gasteiger partial charge is 0.479 e. The molecule has 0 saturated carbocycles. The summed E-state index contributed by atoms with van der Waals surface area (Å²) in [4.78, 5) is 51.2. The van der Waals surface area contributed by atoms with Crippen LogP contribution in [-0.2, 0) is 42.9 Å². The number of carbonyl (C=O) groups excluding carboxylic acids is 3. The van der Waals surface area contributed by atoms with Gasteiger partial charge in [-0.2, -0.15) is 0 Å². The van der Waals surface area contributed by atoms with Crippen molar-refractivity contribution in [1.82, 2.24) is 0 Å². The molecule has 12 nitrogen and oxygen atoms in total. The fourth-order valence-corrected chi connectivity index (χ4v) is 8.80. The van der Waals surface area contributed by atoms with Crippen molar-refractivity contribution in [2.24, 2.45) is 0 Å².